The summed E-state index contributed by atoms with van der Waals surface area (Å²) in [5.41, 5.74) is 7.01. The molecule has 2 rings (SSSR count). The number of fused-ring (bicyclic) bond motifs is 1. The summed E-state index contributed by atoms with van der Waals surface area (Å²) >= 11 is 1.46. The normalized spacial score (nSPS) is 12.1. The van der Waals surface area contributed by atoms with Crippen LogP contribution in [-0.2, 0) is 9.84 Å². The number of nitrogens with two attached hydrogens (primary N) is 1. The first-order valence-corrected chi connectivity index (χ1v) is 7.95. The molecule has 0 aliphatic carbocycles. The van der Waals surface area contributed by atoms with Crippen molar-refractivity contribution in [2.75, 3.05) is 23.5 Å². The first-order chi connectivity index (χ1) is 8.03. The minimum absolute atomic E-state index is 0.0243. The number of nitrogen functional groups attached to an aromatic ring is 1. The summed E-state index contributed by atoms with van der Waals surface area (Å²) in [5, 5.41) is -0.229. The van der Waals surface area contributed by atoms with Crippen molar-refractivity contribution in [1.29, 1.82) is 0 Å². The predicted molar refractivity (Wildman–Crippen MR) is 68.9 cm³/mol. The van der Waals surface area contributed by atoms with Gasteiger partial charge in [0.25, 0.3) is 0 Å². The fraction of sp³-hybridized carbons (Fsp3) is 0.300. The first kappa shape index (κ1) is 12.3. The molecular formula is C10H12N2O3S2. The van der Waals surface area contributed by atoms with Gasteiger partial charge in [0.15, 0.2) is 5.58 Å². The van der Waals surface area contributed by atoms with E-state index in [1.54, 1.807) is 18.2 Å². The third-order valence-electron chi connectivity index (χ3n) is 2.21. The van der Waals surface area contributed by atoms with Crippen molar-refractivity contribution in [2.24, 2.45) is 0 Å². The van der Waals surface area contributed by atoms with Gasteiger partial charge in [-0.1, -0.05) is 0 Å². The van der Waals surface area contributed by atoms with Crippen LogP contribution in [0.4, 0.5) is 5.69 Å². The van der Waals surface area contributed by atoms with Crippen LogP contribution < -0.4 is 5.73 Å². The number of hydrogen-bond donors (Lipinski definition) is 1. The van der Waals surface area contributed by atoms with Gasteiger partial charge in [-0.25, -0.2) is 8.42 Å². The number of rotatable bonds is 4. The number of nitrogens with zero attached hydrogens (tertiary/aromatic N) is 1. The van der Waals surface area contributed by atoms with Gasteiger partial charge in [0.2, 0.25) is 9.84 Å². The summed E-state index contributed by atoms with van der Waals surface area (Å²) in [7, 11) is -3.44. The summed E-state index contributed by atoms with van der Waals surface area (Å²) < 4.78 is 28.9. The lowest BCUT2D eigenvalue weighted by atomic mass is 10.3. The number of thioether (sulfide) groups is 1. The van der Waals surface area contributed by atoms with E-state index in [0.29, 0.717) is 22.5 Å². The second-order valence-electron chi connectivity index (χ2n) is 3.52. The maximum atomic E-state index is 11.8. The van der Waals surface area contributed by atoms with Gasteiger partial charge in [-0.05, 0) is 24.5 Å². The smallest absolute Gasteiger partial charge is 0.316 e. The minimum atomic E-state index is -3.44. The van der Waals surface area contributed by atoms with Crippen LogP contribution in [0.5, 0.6) is 0 Å². The summed E-state index contributed by atoms with van der Waals surface area (Å²) in [5.74, 6) is 0.541. The molecular weight excluding hydrogens is 260 g/mol. The maximum Gasteiger partial charge on any atom is 0.316 e. The van der Waals surface area contributed by atoms with Gasteiger partial charge in [-0.2, -0.15) is 16.7 Å². The van der Waals surface area contributed by atoms with E-state index in [9.17, 15) is 8.42 Å². The SMILES string of the molecule is CSCCS(=O)(=O)c1nc2cc(N)ccc2o1. The summed E-state index contributed by atoms with van der Waals surface area (Å²) in [4.78, 5) is 3.95. The molecule has 0 aliphatic heterocycles. The molecule has 0 radical (unpaired) electrons. The third-order valence-corrected chi connectivity index (χ3v) is 4.53. The average molecular weight is 272 g/mol. The van der Waals surface area contributed by atoms with Gasteiger partial charge >= 0.3 is 5.22 Å². The summed E-state index contributed by atoms with van der Waals surface area (Å²) in [6.07, 6.45) is 1.85. The van der Waals surface area contributed by atoms with Crippen LogP contribution in [0.3, 0.4) is 0 Å². The summed E-state index contributed by atoms with van der Waals surface area (Å²) in [6.45, 7) is 0. The lowest BCUT2D eigenvalue weighted by Gasteiger charge is -1.96. The Hall–Kier alpha value is -1.21. The van der Waals surface area contributed by atoms with Crippen LogP contribution in [0, 0.1) is 0 Å². The molecule has 5 nitrogen and oxygen atoms in total. The molecule has 2 aromatic rings. The van der Waals surface area contributed by atoms with E-state index < -0.39 is 9.84 Å². The van der Waals surface area contributed by atoms with E-state index in [2.05, 4.69) is 4.98 Å². The minimum Gasteiger partial charge on any atom is -0.428 e. The van der Waals surface area contributed by atoms with E-state index in [4.69, 9.17) is 10.2 Å². The molecule has 1 heterocycles. The van der Waals surface area contributed by atoms with Crippen molar-refractivity contribution in [3.05, 3.63) is 18.2 Å². The van der Waals surface area contributed by atoms with Gasteiger partial charge in [0.1, 0.15) is 5.52 Å². The fourth-order valence-electron chi connectivity index (χ4n) is 1.34. The highest BCUT2D eigenvalue weighted by molar-refractivity contribution is 8.00. The Morgan fingerprint density at radius 1 is 1.47 bits per heavy atom. The zero-order chi connectivity index (χ0) is 12.5. The van der Waals surface area contributed by atoms with Crippen LogP contribution in [0.25, 0.3) is 11.1 Å². The number of aromatic nitrogens is 1. The fourth-order valence-corrected chi connectivity index (χ4v) is 3.51. The van der Waals surface area contributed by atoms with E-state index in [-0.39, 0.29) is 11.0 Å². The van der Waals surface area contributed by atoms with E-state index in [0.717, 1.165) is 0 Å². The Labute approximate surface area is 103 Å². The van der Waals surface area contributed by atoms with Crippen molar-refractivity contribution in [3.8, 4) is 0 Å². The molecule has 0 bridgehead atoms. The van der Waals surface area contributed by atoms with Crippen LogP contribution in [0.1, 0.15) is 0 Å². The Morgan fingerprint density at radius 2 is 2.24 bits per heavy atom. The molecule has 0 saturated carbocycles. The monoisotopic (exact) mass is 272 g/mol. The molecule has 17 heavy (non-hydrogen) atoms. The highest BCUT2D eigenvalue weighted by Gasteiger charge is 2.21. The number of sulfone groups is 1. The molecule has 0 unspecified atom stereocenters. The number of anilines is 1. The lowest BCUT2D eigenvalue weighted by molar-refractivity contribution is 0.459. The van der Waals surface area contributed by atoms with Crippen molar-refractivity contribution in [1.82, 2.24) is 4.98 Å². The summed E-state index contributed by atoms with van der Waals surface area (Å²) in [6, 6.07) is 4.85. The quantitative estimate of drug-likeness (QED) is 0.850. The lowest BCUT2D eigenvalue weighted by Crippen LogP contribution is -2.08. The Bertz CT molecular complexity index is 634. The van der Waals surface area contributed by atoms with Gasteiger partial charge < -0.3 is 10.2 Å². The maximum absolute atomic E-state index is 11.8. The number of oxazole rings is 1. The number of benzene rings is 1. The van der Waals surface area contributed by atoms with Gasteiger partial charge in [-0.3, -0.25) is 0 Å². The van der Waals surface area contributed by atoms with E-state index in [1.165, 1.54) is 11.8 Å². The van der Waals surface area contributed by atoms with Gasteiger partial charge in [0, 0.05) is 11.4 Å². The van der Waals surface area contributed by atoms with Crippen LogP contribution >= 0.6 is 11.8 Å². The zero-order valence-corrected chi connectivity index (χ0v) is 10.8. The predicted octanol–water partition coefficient (Wildman–Crippen LogP) is 1.55. The number of hydrogen-bond acceptors (Lipinski definition) is 6. The highest BCUT2D eigenvalue weighted by Crippen LogP contribution is 2.21. The molecule has 1 aromatic carbocycles. The molecule has 7 heteroatoms. The van der Waals surface area contributed by atoms with Crippen molar-refractivity contribution < 1.29 is 12.8 Å². The highest BCUT2D eigenvalue weighted by atomic mass is 32.2. The topological polar surface area (TPSA) is 86.2 Å². The molecule has 92 valence electrons. The Kier molecular flexibility index (Phi) is 3.30. The van der Waals surface area contributed by atoms with Crippen molar-refractivity contribution >= 4 is 38.4 Å². The first-order valence-electron chi connectivity index (χ1n) is 4.91. The molecule has 0 atom stereocenters. The molecule has 0 amide bonds. The average Bonchev–Trinajstić information content (AvgIpc) is 2.70. The standard InChI is InChI=1S/C10H12N2O3S2/c1-16-4-5-17(13,14)10-12-8-6-7(11)2-3-9(8)15-10/h2-3,6H,4-5,11H2,1H3. The molecule has 0 spiro atoms. The van der Waals surface area contributed by atoms with Crippen molar-refractivity contribution in [3.63, 3.8) is 0 Å². The molecule has 2 N–H and O–H groups in total. The Morgan fingerprint density at radius 3 is 2.94 bits per heavy atom. The van der Waals surface area contributed by atoms with E-state index in [1.807, 2.05) is 6.26 Å². The third kappa shape index (κ3) is 2.55. The molecule has 1 aromatic heterocycles. The molecule has 0 aliphatic rings. The van der Waals surface area contributed by atoms with E-state index >= 15 is 0 Å². The van der Waals surface area contributed by atoms with Crippen LogP contribution in [0.15, 0.2) is 27.8 Å². The molecule has 0 fully saturated rings. The van der Waals surface area contributed by atoms with Crippen LogP contribution in [0.2, 0.25) is 0 Å². The Balaban J connectivity index is 2.43. The van der Waals surface area contributed by atoms with Gasteiger partial charge in [-0.15, -0.1) is 0 Å². The molecule has 0 saturated heterocycles. The second-order valence-corrected chi connectivity index (χ2v) is 6.49. The second kappa shape index (κ2) is 4.58. The largest absolute Gasteiger partial charge is 0.428 e. The van der Waals surface area contributed by atoms with Gasteiger partial charge in [0.05, 0.1) is 5.75 Å². The zero-order valence-electron chi connectivity index (χ0n) is 9.21. The van der Waals surface area contributed by atoms with Crippen LogP contribution in [-0.4, -0.2) is 31.2 Å². The van der Waals surface area contributed by atoms with Crippen molar-refractivity contribution in [2.45, 2.75) is 5.22 Å².